The number of pyridine rings is 1. The Hall–Kier alpha value is -7.89. The summed E-state index contributed by atoms with van der Waals surface area (Å²) in [6.45, 7) is 0. The molecule has 12 aromatic rings. The fraction of sp³-hybridized carbons (Fsp3) is 0. The van der Waals surface area contributed by atoms with E-state index in [4.69, 9.17) is 19.4 Å². The smallest absolute Gasteiger partial charge is 0.235 e. The van der Waals surface area contributed by atoms with Crippen LogP contribution in [0.5, 0.6) is 0 Å². The highest BCUT2D eigenvalue weighted by Gasteiger charge is 2.19. The van der Waals surface area contributed by atoms with Crippen LogP contribution in [0.1, 0.15) is 0 Å². The van der Waals surface area contributed by atoms with Crippen LogP contribution in [-0.2, 0) is 0 Å². The van der Waals surface area contributed by atoms with Gasteiger partial charge in [-0.25, -0.2) is 15.0 Å². The van der Waals surface area contributed by atoms with Crippen molar-refractivity contribution in [3.63, 3.8) is 0 Å². The summed E-state index contributed by atoms with van der Waals surface area (Å²) in [5.74, 6) is 0.638. The number of aromatic nitrogens is 4. The standard InChI is InChI=1S/C53H32N4O/c1-3-13-34(14-4-1)43-32-44(56-53(55-43)57-46-20-10-7-17-38(46)39-18-8-11-21-47(39)57)35-25-23-33(24-26-35)37-27-28-40-45(31-37)54-52(36-15-5-2-6-16-36)42-29-30-49-51(50(40)42)41-19-9-12-22-48(41)58-49/h1-32H. The lowest BCUT2D eigenvalue weighted by atomic mass is 9.94. The van der Waals surface area contributed by atoms with Crippen molar-refractivity contribution in [3.8, 4) is 50.8 Å². The van der Waals surface area contributed by atoms with Crippen LogP contribution in [0.4, 0.5) is 0 Å². The van der Waals surface area contributed by atoms with E-state index in [-0.39, 0.29) is 0 Å². The second-order valence-electron chi connectivity index (χ2n) is 14.8. The molecule has 0 amide bonds. The van der Waals surface area contributed by atoms with Gasteiger partial charge in [0.25, 0.3) is 0 Å². The molecule has 0 bridgehead atoms. The van der Waals surface area contributed by atoms with Crippen LogP contribution in [0, 0.1) is 0 Å². The lowest BCUT2D eigenvalue weighted by Crippen LogP contribution is -2.03. The Labute approximate surface area is 333 Å². The number of fused-ring (bicyclic) bond motifs is 10. The average Bonchev–Trinajstić information content (AvgIpc) is 3.85. The number of hydrogen-bond donors (Lipinski definition) is 0. The predicted molar refractivity (Wildman–Crippen MR) is 238 cm³/mol. The molecule has 0 unspecified atom stereocenters. The van der Waals surface area contributed by atoms with Crippen molar-refractivity contribution in [2.75, 3.05) is 0 Å². The fourth-order valence-corrected chi connectivity index (χ4v) is 8.72. The van der Waals surface area contributed by atoms with Crippen molar-refractivity contribution in [3.05, 3.63) is 194 Å². The number of nitrogens with zero attached hydrogens (tertiary/aromatic N) is 4. The molecule has 270 valence electrons. The summed E-state index contributed by atoms with van der Waals surface area (Å²) in [6.07, 6.45) is 0. The van der Waals surface area contributed by atoms with Gasteiger partial charge < -0.3 is 4.42 Å². The molecule has 0 saturated carbocycles. The SMILES string of the molecule is c1ccc(-c2cc(-c3ccc(-c4ccc5c(c4)nc(-c4ccccc4)c4ccc6oc7ccccc7c6c45)cc3)nc(-n3c4ccccc4c4ccccc43)n2)cc1. The van der Waals surface area contributed by atoms with E-state index in [1.165, 1.54) is 10.8 Å². The van der Waals surface area contributed by atoms with Crippen LogP contribution >= 0.6 is 0 Å². The van der Waals surface area contributed by atoms with Crippen LogP contribution < -0.4 is 0 Å². The molecule has 0 aliphatic rings. The van der Waals surface area contributed by atoms with Crippen LogP contribution in [-0.4, -0.2) is 19.5 Å². The Bertz CT molecular complexity index is 3500. The largest absolute Gasteiger partial charge is 0.456 e. The van der Waals surface area contributed by atoms with Crippen LogP contribution in [0.25, 0.3) is 116 Å². The van der Waals surface area contributed by atoms with E-state index < -0.39 is 0 Å². The van der Waals surface area contributed by atoms with Gasteiger partial charge in [0.2, 0.25) is 5.95 Å². The highest BCUT2D eigenvalue weighted by atomic mass is 16.3. The van der Waals surface area contributed by atoms with E-state index in [9.17, 15) is 0 Å². The first-order chi connectivity index (χ1) is 28.7. The zero-order valence-corrected chi connectivity index (χ0v) is 31.2. The summed E-state index contributed by atoms with van der Waals surface area (Å²) in [4.78, 5) is 15.8. The maximum atomic E-state index is 6.36. The molecule has 0 fully saturated rings. The quantitative estimate of drug-likeness (QED) is 0.165. The molecule has 5 nitrogen and oxygen atoms in total. The summed E-state index contributed by atoms with van der Waals surface area (Å²) in [5, 5.41) is 7.94. The van der Waals surface area contributed by atoms with Gasteiger partial charge in [-0.05, 0) is 53.6 Å². The number of para-hydroxylation sites is 3. The molecule has 0 N–H and O–H groups in total. The van der Waals surface area contributed by atoms with Crippen molar-refractivity contribution in [2.24, 2.45) is 0 Å². The third-order valence-electron chi connectivity index (χ3n) is 11.4. The van der Waals surface area contributed by atoms with Gasteiger partial charge >= 0.3 is 0 Å². The fourth-order valence-electron chi connectivity index (χ4n) is 8.72. The highest BCUT2D eigenvalue weighted by Crippen LogP contribution is 2.42. The molecule has 0 radical (unpaired) electrons. The van der Waals surface area contributed by atoms with E-state index in [1.807, 2.05) is 24.3 Å². The van der Waals surface area contributed by atoms with E-state index >= 15 is 0 Å². The predicted octanol–water partition coefficient (Wildman–Crippen LogP) is 13.8. The van der Waals surface area contributed by atoms with E-state index in [0.717, 1.165) is 99.5 Å². The van der Waals surface area contributed by atoms with Gasteiger partial charge in [0.15, 0.2) is 0 Å². The summed E-state index contributed by atoms with van der Waals surface area (Å²) in [5.41, 5.74) is 12.8. The maximum Gasteiger partial charge on any atom is 0.235 e. The minimum absolute atomic E-state index is 0.638. The van der Waals surface area contributed by atoms with Gasteiger partial charge in [-0.3, -0.25) is 4.57 Å². The first-order valence-electron chi connectivity index (χ1n) is 19.5. The Morgan fingerprint density at radius 1 is 0.345 bits per heavy atom. The zero-order valence-electron chi connectivity index (χ0n) is 31.2. The molecular formula is C53H32N4O. The monoisotopic (exact) mass is 740 g/mol. The Morgan fingerprint density at radius 2 is 0.897 bits per heavy atom. The molecule has 4 heterocycles. The van der Waals surface area contributed by atoms with Gasteiger partial charge in [-0.1, -0.05) is 152 Å². The Balaban J connectivity index is 1.01. The third kappa shape index (κ3) is 5.07. The molecule has 0 aliphatic heterocycles. The van der Waals surface area contributed by atoms with Crippen molar-refractivity contribution in [1.29, 1.82) is 0 Å². The first kappa shape index (κ1) is 32.4. The number of hydrogen-bond acceptors (Lipinski definition) is 4. The lowest BCUT2D eigenvalue weighted by Gasteiger charge is -2.13. The molecule has 58 heavy (non-hydrogen) atoms. The zero-order chi connectivity index (χ0) is 38.2. The van der Waals surface area contributed by atoms with Gasteiger partial charge in [0.05, 0.1) is 33.6 Å². The van der Waals surface area contributed by atoms with Gasteiger partial charge in [-0.15, -0.1) is 0 Å². The van der Waals surface area contributed by atoms with Crippen molar-refractivity contribution >= 4 is 65.4 Å². The second kappa shape index (κ2) is 12.8. The van der Waals surface area contributed by atoms with Gasteiger partial charge in [-0.2, -0.15) is 0 Å². The molecule has 12 rings (SSSR count). The highest BCUT2D eigenvalue weighted by molar-refractivity contribution is 6.28. The molecule has 5 heteroatoms. The number of benzene rings is 8. The van der Waals surface area contributed by atoms with Crippen molar-refractivity contribution in [1.82, 2.24) is 19.5 Å². The maximum absolute atomic E-state index is 6.36. The molecule has 0 spiro atoms. The van der Waals surface area contributed by atoms with E-state index in [0.29, 0.717) is 5.95 Å². The molecule has 8 aromatic carbocycles. The van der Waals surface area contributed by atoms with Crippen LogP contribution in [0.2, 0.25) is 0 Å². The Morgan fingerprint density at radius 3 is 1.60 bits per heavy atom. The van der Waals surface area contributed by atoms with E-state index in [1.54, 1.807) is 0 Å². The minimum Gasteiger partial charge on any atom is -0.456 e. The molecular weight excluding hydrogens is 709 g/mol. The molecule has 0 atom stereocenters. The molecule has 0 aliphatic carbocycles. The summed E-state index contributed by atoms with van der Waals surface area (Å²) in [6, 6.07) is 67.7. The summed E-state index contributed by atoms with van der Waals surface area (Å²) in [7, 11) is 0. The summed E-state index contributed by atoms with van der Waals surface area (Å²) >= 11 is 0. The van der Waals surface area contributed by atoms with Gasteiger partial charge in [0, 0.05) is 54.4 Å². The minimum atomic E-state index is 0.638. The van der Waals surface area contributed by atoms with Crippen molar-refractivity contribution in [2.45, 2.75) is 0 Å². The van der Waals surface area contributed by atoms with Crippen molar-refractivity contribution < 1.29 is 4.42 Å². The summed E-state index contributed by atoms with van der Waals surface area (Å²) < 4.78 is 8.55. The van der Waals surface area contributed by atoms with E-state index in [2.05, 4.69) is 174 Å². The van der Waals surface area contributed by atoms with Gasteiger partial charge in [0.1, 0.15) is 11.2 Å². The van der Waals surface area contributed by atoms with Crippen LogP contribution in [0.15, 0.2) is 199 Å². The molecule has 0 saturated heterocycles. The lowest BCUT2D eigenvalue weighted by molar-refractivity contribution is 0.669. The molecule has 4 aromatic heterocycles. The normalized spacial score (nSPS) is 11.8. The topological polar surface area (TPSA) is 56.7 Å². The van der Waals surface area contributed by atoms with Crippen LogP contribution in [0.3, 0.4) is 0 Å². The first-order valence-corrected chi connectivity index (χ1v) is 19.5. The second-order valence-corrected chi connectivity index (χ2v) is 14.8. The average molecular weight is 741 g/mol. The third-order valence-corrected chi connectivity index (χ3v) is 11.4. The Kier molecular flexibility index (Phi) is 7.16. The number of furan rings is 1. The number of rotatable bonds is 5.